The number of hydrogen-bond donors (Lipinski definition) is 2. The first kappa shape index (κ1) is 17.2. The Labute approximate surface area is 130 Å². The average Bonchev–Trinajstić information content (AvgIpc) is 2.41. The van der Waals surface area contributed by atoms with Gasteiger partial charge < -0.3 is 11.1 Å². The van der Waals surface area contributed by atoms with Crippen molar-refractivity contribution >= 4 is 27.5 Å². The van der Waals surface area contributed by atoms with Gasteiger partial charge in [-0.15, -0.1) is 0 Å². The average molecular weight is 341 g/mol. The van der Waals surface area contributed by atoms with Gasteiger partial charge in [0.05, 0.1) is 0 Å². The van der Waals surface area contributed by atoms with E-state index in [0.29, 0.717) is 18.9 Å². The minimum Gasteiger partial charge on any atom is -0.330 e. The third-order valence-corrected chi connectivity index (χ3v) is 4.02. The smallest absolute Gasteiger partial charge is 0.224 e. The SMILES string of the molecule is CCCC(CCN)CCC(=O)Nc1cc(Br)ccc1C. The summed E-state index contributed by atoms with van der Waals surface area (Å²) in [7, 11) is 0. The lowest BCUT2D eigenvalue weighted by molar-refractivity contribution is -0.116. The first-order valence-corrected chi connectivity index (χ1v) is 8.12. The molecule has 0 spiro atoms. The monoisotopic (exact) mass is 340 g/mol. The summed E-state index contributed by atoms with van der Waals surface area (Å²) in [4.78, 5) is 12.0. The zero-order valence-electron chi connectivity index (χ0n) is 12.4. The molecule has 0 aliphatic heterocycles. The maximum atomic E-state index is 12.0. The van der Waals surface area contributed by atoms with Gasteiger partial charge in [-0.25, -0.2) is 0 Å². The van der Waals surface area contributed by atoms with E-state index in [1.54, 1.807) is 0 Å². The summed E-state index contributed by atoms with van der Waals surface area (Å²) in [6.45, 7) is 4.88. The molecule has 3 nitrogen and oxygen atoms in total. The molecule has 1 aromatic rings. The summed E-state index contributed by atoms with van der Waals surface area (Å²) < 4.78 is 0.977. The molecule has 1 aromatic carbocycles. The Morgan fingerprint density at radius 3 is 2.75 bits per heavy atom. The Bertz CT molecular complexity index is 428. The Kier molecular flexibility index (Phi) is 7.85. The number of carbonyl (C=O) groups is 1. The molecule has 112 valence electrons. The highest BCUT2D eigenvalue weighted by Gasteiger charge is 2.11. The van der Waals surface area contributed by atoms with E-state index in [4.69, 9.17) is 5.73 Å². The van der Waals surface area contributed by atoms with Crippen LogP contribution in [0.25, 0.3) is 0 Å². The van der Waals surface area contributed by atoms with Gasteiger partial charge in [0.25, 0.3) is 0 Å². The molecular formula is C16H25BrN2O. The Morgan fingerprint density at radius 1 is 1.35 bits per heavy atom. The van der Waals surface area contributed by atoms with Crippen molar-refractivity contribution in [3.63, 3.8) is 0 Å². The molecule has 0 aliphatic carbocycles. The van der Waals surface area contributed by atoms with Crippen molar-refractivity contribution in [1.29, 1.82) is 0 Å². The van der Waals surface area contributed by atoms with Crippen LogP contribution in [0.5, 0.6) is 0 Å². The number of carbonyl (C=O) groups excluding carboxylic acids is 1. The highest BCUT2D eigenvalue weighted by molar-refractivity contribution is 9.10. The van der Waals surface area contributed by atoms with Gasteiger partial charge in [0.2, 0.25) is 5.91 Å². The summed E-state index contributed by atoms with van der Waals surface area (Å²) in [5, 5.41) is 2.99. The Morgan fingerprint density at radius 2 is 2.10 bits per heavy atom. The van der Waals surface area contributed by atoms with E-state index in [1.165, 1.54) is 0 Å². The van der Waals surface area contributed by atoms with Gasteiger partial charge >= 0.3 is 0 Å². The van der Waals surface area contributed by atoms with Gasteiger partial charge in [-0.05, 0) is 49.9 Å². The quantitative estimate of drug-likeness (QED) is 0.743. The van der Waals surface area contributed by atoms with Crippen LogP contribution >= 0.6 is 15.9 Å². The molecule has 0 radical (unpaired) electrons. The maximum Gasteiger partial charge on any atom is 0.224 e. The molecule has 4 heteroatoms. The molecule has 0 aliphatic rings. The van der Waals surface area contributed by atoms with Crippen molar-refractivity contribution in [3.8, 4) is 0 Å². The molecule has 0 bridgehead atoms. The molecule has 3 N–H and O–H groups in total. The summed E-state index contributed by atoms with van der Waals surface area (Å²) in [6.07, 6.45) is 4.80. The van der Waals surface area contributed by atoms with Crippen molar-refractivity contribution < 1.29 is 4.79 Å². The lowest BCUT2D eigenvalue weighted by Crippen LogP contribution is -2.16. The number of amides is 1. The van der Waals surface area contributed by atoms with Crippen LogP contribution in [0.3, 0.4) is 0 Å². The van der Waals surface area contributed by atoms with Gasteiger partial charge in [0, 0.05) is 16.6 Å². The van der Waals surface area contributed by atoms with Gasteiger partial charge in [0.15, 0.2) is 0 Å². The second-order valence-electron chi connectivity index (χ2n) is 5.28. The van der Waals surface area contributed by atoms with Crippen LogP contribution < -0.4 is 11.1 Å². The summed E-state index contributed by atoms with van der Waals surface area (Å²) in [5.74, 6) is 0.656. The number of halogens is 1. The maximum absolute atomic E-state index is 12.0. The molecule has 0 saturated carbocycles. The van der Waals surface area contributed by atoms with E-state index in [2.05, 4.69) is 28.2 Å². The van der Waals surface area contributed by atoms with Gasteiger partial charge in [0.1, 0.15) is 0 Å². The standard InChI is InChI=1S/C16H25BrN2O/c1-3-4-13(9-10-18)6-8-16(20)19-15-11-14(17)7-5-12(15)2/h5,7,11,13H,3-4,6,8-10,18H2,1-2H3,(H,19,20). The number of aryl methyl sites for hydroxylation is 1. The lowest BCUT2D eigenvalue weighted by Gasteiger charge is -2.15. The minimum atomic E-state index is 0.0873. The van der Waals surface area contributed by atoms with E-state index in [-0.39, 0.29) is 5.91 Å². The third kappa shape index (κ3) is 6.06. The Hall–Kier alpha value is -0.870. The zero-order chi connectivity index (χ0) is 15.0. The van der Waals surface area contributed by atoms with E-state index < -0.39 is 0 Å². The number of hydrogen-bond acceptors (Lipinski definition) is 2. The molecule has 0 fully saturated rings. The van der Waals surface area contributed by atoms with Crippen LogP contribution in [0.4, 0.5) is 5.69 Å². The highest BCUT2D eigenvalue weighted by atomic mass is 79.9. The van der Waals surface area contributed by atoms with Gasteiger partial charge in [-0.2, -0.15) is 0 Å². The fraction of sp³-hybridized carbons (Fsp3) is 0.562. The highest BCUT2D eigenvalue weighted by Crippen LogP contribution is 2.22. The molecule has 0 aromatic heterocycles. The van der Waals surface area contributed by atoms with Crippen molar-refractivity contribution in [2.24, 2.45) is 11.7 Å². The predicted molar refractivity (Wildman–Crippen MR) is 88.8 cm³/mol. The molecule has 1 atom stereocenters. The molecule has 1 rings (SSSR count). The van der Waals surface area contributed by atoms with Crippen LogP contribution in [0.15, 0.2) is 22.7 Å². The van der Waals surface area contributed by atoms with Crippen molar-refractivity contribution in [3.05, 3.63) is 28.2 Å². The fourth-order valence-corrected chi connectivity index (χ4v) is 2.71. The Balaban J connectivity index is 2.48. The molecule has 0 saturated heterocycles. The largest absolute Gasteiger partial charge is 0.330 e. The van der Waals surface area contributed by atoms with Gasteiger partial charge in [-0.1, -0.05) is 41.8 Å². The van der Waals surface area contributed by atoms with Crippen LogP contribution in [0.1, 0.15) is 44.6 Å². The predicted octanol–water partition coefficient (Wildman–Crippen LogP) is 4.24. The van der Waals surface area contributed by atoms with Crippen LogP contribution in [0, 0.1) is 12.8 Å². The number of nitrogens with one attached hydrogen (secondary N) is 1. The van der Waals surface area contributed by atoms with Crippen molar-refractivity contribution in [2.45, 2.75) is 46.0 Å². The summed E-state index contributed by atoms with van der Waals surface area (Å²) in [6, 6.07) is 5.91. The molecular weight excluding hydrogens is 316 g/mol. The van der Waals surface area contributed by atoms with E-state index in [1.807, 2.05) is 25.1 Å². The molecule has 20 heavy (non-hydrogen) atoms. The first-order valence-electron chi connectivity index (χ1n) is 7.32. The van der Waals surface area contributed by atoms with E-state index >= 15 is 0 Å². The van der Waals surface area contributed by atoms with Crippen LogP contribution in [-0.4, -0.2) is 12.5 Å². The topological polar surface area (TPSA) is 55.1 Å². The number of rotatable bonds is 8. The molecule has 1 unspecified atom stereocenters. The zero-order valence-corrected chi connectivity index (χ0v) is 14.0. The van der Waals surface area contributed by atoms with Crippen molar-refractivity contribution in [1.82, 2.24) is 0 Å². The fourth-order valence-electron chi connectivity index (χ4n) is 2.35. The molecule has 0 heterocycles. The number of benzene rings is 1. The second kappa shape index (κ2) is 9.14. The van der Waals surface area contributed by atoms with E-state index in [9.17, 15) is 4.79 Å². The number of nitrogens with two attached hydrogens (primary N) is 1. The lowest BCUT2D eigenvalue weighted by atomic mass is 9.94. The van der Waals surface area contributed by atoms with Crippen LogP contribution in [-0.2, 0) is 4.79 Å². The third-order valence-electron chi connectivity index (χ3n) is 3.53. The van der Waals surface area contributed by atoms with Crippen LogP contribution in [0.2, 0.25) is 0 Å². The van der Waals surface area contributed by atoms with Crippen molar-refractivity contribution in [2.75, 3.05) is 11.9 Å². The minimum absolute atomic E-state index is 0.0873. The normalized spacial score (nSPS) is 12.2. The summed E-state index contributed by atoms with van der Waals surface area (Å²) in [5.41, 5.74) is 7.58. The van der Waals surface area contributed by atoms with Gasteiger partial charge in [-0.3, -0.25) is 4.79 Å². The second-order valence-corrected chi connectivity index (χ2v) is 6.19. The summed E-state index contributed by atoms with van der Waals surface area (Å²) >= 11 is 3.42. The van der Waals surface area contributed by atoms with E-state index in [0.717, 1.165) is 41.4 Å². The number of anilines is 1. The molecule has 1 amide bonds. The first-order chi connectivity index (χ1) is 9.56.